The van der Waals surface area contributed by atoms with E-state index < -0.39 is 8.32 Å². The fourth-order valence-corrected chi connectivity index (χ4v) is 4.09. The number of hydroxylamine groups is 2. The molecule has 1 fully saturated rings. The number of nitrogens with zero attached hydrogens (tertiary/aromatic N) is 2. The average molecular weight is 419 g/mol. The monoisotopic (exact) mass is 418 g/mol. The molecule has 0 unspecified atom stereocenters. The highest BCUT2D eigenvalue weighted by Gasteiger charge is 2.36. The molecule has 0 bridgehead atoms. The Bertz CT molecular complexity index is 585. The zero-order valence-electron chi connectivity index (χ0n) is 16.6. The minimum atomic E-state index is -1.65. The van der Waals surface area contributed by atoms with Gasteiger partial charge in [0.05, 0.1) is 22.3 Å². The first-order valence-corrected chi connectivity index (χ1v) is 13.0. The minimum Gasteiger partial charge on any atom is -0.417 e. The summed E-state index contributed by atoms with van der Waals surface area (Å²) >= 11 is 12.4. The second kappa shape index (κ2) is 9.26. The van der Waals surface area contributed by atoms with E-state index >= 15 is 0 Å². The Balaban J connectivity index is 1.67. The van der Waals surface area contributed by atoms with Crippen LogP contribution in [0.25, 0.3) is 0 Å². The van der Waals surface area contributed by atoms with Crippen molar-refractivity contribution in [2.45, 2.75) is 45.3 Å². The zero-order chi connectivity index (χ0) is 19.4. The van der Waals surface area contributed by atoms with Crippen molar-refractivity contribution in [1.29, 1.82) is 0 Å². The minimum absolute atomic E-state index is 0.256. The van der Waals surface area contributed by atoms with Gasteiger partial charge < -0.3 is 9.33 Å². The van der Waals surface area contributed by atoms with Crippen LogP contribution in [0.4, 0.5) is 5.69 Å². The molecule has 7 heteroatoms. The van der Waals surface area contributed by atoms with E-state index in [1.54, 1.807) is 0 Å². The van der Waals surface area contributed by atoms with Crippen molar-refractivity contribution in [2.24, 2.45) is 0 Å². The van der Waals surface area contributed by atoms with Crippen molar-refractivity contribution in [3.63, 3.8) is 0 Å². The summed E-state index contributed by atoms with van der Waals surface area (Å²) in [6.45, 7) is 16.3. The van der Waals surface area contributed by atoms with E-state index in [9.17, 15) is 0 Å². The molecule has 2 rings (SSSR count). The average Bonchev–Trinajstić information content (AvgIpc) is 2.57. The first kappa shape index (κ1) is 22.0. The lowest BCUT2D eigenvalue weighted by Gasteiger charge is -2.37. The summed E-state index contributed by atoms with van der Waals surface area (Å²) in [7, 11) is -1.65. The third-order valence-electron chi connectivity index (χ3n) is 5.34. The summed E-state index contributed by atoms with van der Waals surface area (Å²) in [5.74, 6) is 0. The molecule has 1 saturated heterocycles. The SMILES string of the molecule is CC(C)(C)[Si](C)(C)OCCCON1CCN(c2cccc(Cl)c2Cl)CC1. The van der Waals surface area contributed by atoms with Crippen molar-refractivity contribution >= 4 is 37.2 Å². The van der Waals surface area contributed by atoms with Gasteiger partial charge in [0, 0.05) is 32.8 Å². The third-order valence-corrected chi connectivity index (χ3v) is 10.7. The molecule has 1 aliphatic rings. The Morgan fingerprint density at radius 3 is 2.31 bits per heavy atom. The van der Waals surface area contributed by atoms with E-state index in [2.05, 4.69) is 38.8 Å². The molecule has 0 saturated carbocycles. The van der Waals surface area contributed by atoms with Crippen LogP contribution < -0.4 is 4.90 Å². The first-order valence-electron chi connectivity index (χ1n) is 9.32. The standard InChI is InChI=1S/C19H32Cl2N2O2Si/c1-19(2,3)26(4,5)25-15-7-14-24-23-12-10-22(11-13-23)17-9-6-8-16(20)18(17)21/h6,8-9H,7,10-15H2,1-5H3. The molecular weight excluding hydrogens is 387 g/mol. The van der Waals surface area contributed by atoms with Gasteiger partial charge in [0.15, 0.2) is 8.32 Å². The van der Waals surface area contributed by atoms with E-state index in [0.29, 0.717) is 16.7 Å². The lowest BCUT2D eigenvalue weighted by Crippen LogP contribution is -2.46. The van der Waals surface area contributed by atoms with Gasteiger partial charge in [-0.1, -0.05) is 50.0 Å². The summed E-state index contributed by atoms with van der Waals surface area (Å²) in [6, 6.07) is 5.77. The van der Waals surface area contributed by atoms with Crippen LogP contribution in [0.1, 0.15) is 27.2 Å². The lowest BCUT2D eigenvalue weighted by atomic mass is 10.2. The predicted octanol–water partition coefficient (Wildman–Crippen LogP) is 5.46. The molecule has 0 atom stereocenters. The van der Waals surface area contributed by atoms with Crippen LogP contribution in [0.2, 0.25) is 28.2 Å². The van der Waals surface area contributed by atoms with Gasteiger partial charge in [-0.05, 0) is 36.7 Å². The molecule has 0 spiro atoms. The molecule has 1 heterocycles. The Labute approximate surface area is 169 Å². The van der Waals surface area contributed by atoms with Crippen molar-refractivity contribution in [1.82, 2.24) is 5.06 Å². The van der Waals surface area contributed by atoms with Gasteiger partial charge in [0.25, 0.3) is 0 Å². The van der Waals surface area contributed by atoms with Gasteiger partial charge in [0.1, 0.15) is 0 Å². The largest absolute Gasteiger partial charge is 0.417 e. The molecule has 0 radical (unpaired) electrons. The molecule has 4 nitrogen and oxygen atoms in total. The highest BCUT2D eigenvalue weighted by atomic mass is 35.5. The number of anilines is 1. The molecule has 1 aromatic carbocycles. The van der Waals surface area contributed by atoms with E-state index in [0.717, 1.165) is 44.9 Å². The summed E-state index contributed by atoms with van der Waals surface area (Å²) in [6.07, 6.45) is 0.923. The zero-order valence-corrected chi connectivity index (χ0v) is 19.2. The van der Waals surface area contributed by atoms with Gasteiger partial charge in [-0.15, -0.1) is 0 Å². The van der Waals surface area contributed by atoms with Crippen LogP contribution in [0, 0.1) is 0 Å². The van der Waals surface area contributed by atoms with E-state index in [4.69, 9.17) is 32.5 Å². The highest BCUT2D eigenvalue weighted by molar-refractivity contribution is 6.74. The molecule has 0 amide bonds. The lowest BCUT2D eigenvalue weighted by molar-refractivity contribution is -0.163. The van der Waals surface area contributed by atoms with Gasteiger partial charge in [-0.3, -0.25) is 4.84 Å². The molecule has 1 aliphatic heterocycles. The van der Waals surface area contributed by atoms with Gasteiger partial charge in [-0.25, -0.2) is 0 Å². The maximum absolute atomic E-state index is 6.32. The Morgan fingerprint density at radius 1 is 1.04 bits per heavy atom. The van der Waals surface area contributed by atoms with E-state index in [1.807, 2.05) is 23.3 Å². The third kappa shape index (κ3) is 5.85. The Morgan fingerprint density at radius 2 is 1.69 bits per heavy atom. The van der Waals surface area contributed by atoms with Crippen molar-refractivity contribution in [3.05, 3.63) is 28.2 Å². The van der Waals surface area contributed by atoms with E-state index in [-0.39, 0.29) is 5.04 Å². The van der Waals surface area contributed by atoms with Crippen LogP contribution >= 0.6 is 23.2 Å². The number of piperazine rings is 1. The maximum Gasteiger partial charge on any atom is 0.191 e. The smallest absolute Gasteiger partial charge is 0.191 e. The van der Waals surface area contributed by atoms with Gasteiger partial charge in [-0.2, -0.15) is 5.06 Å². The number of hydrogen-bond donors (Lipinski definition) is 0. The normalized spacial score (nSPS) is 17.0. The number of halogens is 2. The van der Waals surface area contributed by atoms with Gasteiger partial charge >= 0.3 is 0 Å². The van der Waals surface area contributed by atoms with Crippen LogP contribution in [-0.4, -0.2) is 52.8 Å². The predicted molar refractivity (Wildman–Crippen MR) is 114 cm³/mol. The summed E-state index contributed by atoms with van der Waals surface area (Å²) in [4.78, 5) is 8.16. The van der Waals surface area contributed by atoms with Crippen LogP contribution in [0.3, 0.4) is 0 Å². The van der Waals surface area contributed by atoms with Crippen LogP contribution in [-0.2, 0) is 9.26 Å². The number of hydrogen-bond acceptors (Lipinski definition) is 4. The van der Waals surface area contributed by atoms with E-state index in [1.165, 1.54) is 0 Å². The Kier molecular flexibility index (Phi) is 7.83. The molecule has 148 valence electrons. The maximum atomic E-state index is 6.32. The van der Waals surface area contributed by atoms with Crippen molar-refractivity contribution in [3.8, 4) is 0 Å². The molecular formula is C19H32Cl2N2O2Si. The number of benzene rings is 1. The quantitative estimate of drug-likeness (QED) is 0.433. The topological polar surface area (TPSA) is 24.9 Å². The first-order chi connectivity index (χ1) is 12.1. The highest BCUT2D eigenvalue weighted by Crippen LogP contribution is 2.36. The molecule has 0 aromatic heterocycles. The number of rotatable bonds is 7. The molecule has 0 aliphatic carbocycles. The summed E-state index contributed by atoms with van der Waals surface area (Å²) in [5, 5.41) is 3.53. The van der Waals surface area contributed by atoms with Crippen molar-refractivity contribution < 1.29 is 9.26 Å². The molecule has 0 N–H and O–H groups in total. The molecule has 1 aromatic rings. The Hall–Kier alpha value is -0.303. The second-order valence-corrected chi connectivity index (χ2v) is 13.9. The molecule has 26 heavy (non-hydrogen) atoms. The fourth-order valence-electron chi connectivity index (χ4n) is 2.59. The summed E-state index contributed by atoms with van der Waals surface area (Å²) < 4.78 is 6.19. The van der Waals surface area contributed by atoms with Gasteiger partial charge in [0.2, 0.25) is 0 Å². The van der Waals surface area contributed by atoms with Crippen LogP contribution in [0.15, 0.2) is 18.2 Å². The van der Waals surface area contributed by atoms with Crippen LogP contribution in [0.5, 0.6) is 0 Å². The summed E-state index contributed by atoms with van der Waals surface area (Å²) in [5.41, 5.74) is 1.00. The van der Waals surface area contributed by atoms with Crippen molar-refractivity contribution in [2.75, 3.05) is 44.3 Å². The fraction of sp³-hybridized carbons (Fsp3) is 0.684. The second-order valence-electron chi connectivity index (χ2n) is 8.28.